The normalized spacial score (nSPS) is 16.0. The molecule has 9 rings (SSSR count). The molecule has 0 bridgehead atoms. The van der Waals surface area contributed by atoms with E-state index in [0.717, 1.165) is 60.5 Å². The number of carbonyl (C=O) groups excluding carboxylic acids is 1. The monoisotopic (exact) mass is 1350 g/mol. The lowest BCUT2D eigenvalue weighted by molar-refractivity contribution is -0.120. The Morgan fingerprint density at radius 1 is 0.500 bits per heavy atom. The van der Waals surface area contributed by atoms with Crippen LogP contribution in [0.5, 0.6) is 0 Å². The lowest BCUT2D eigenvalue weighted by Gasteiger charge is -2.27. The number of aliphatic hydroxyl groups is 1. The Labute approximate surface area is 581 Å². The van der Waals surface area contributed by atoms with Gasteiger partial charge in [0.05, 0.1) is 154 Å². The molecule has 2 saturated heterocycles. The number of benzene rings is 6. The Morgan fingerprint density at radius 3 is 1.24 bits per heavy atom. The largest absolute Gasteiger partial charge is 0.411 e. The highest BCUT2D eigenvalue weighted by atomic mass is 16.7. The molecular formula is C79H104N2O17. The van der Waals surface area contributed by atoms with E-state index in [9.17, 15) is 4.79 Å². The fourth-order valence-corrected chi connectivity index (χ4v) is 8.77. The topological polar surface area (TPSA) is 215 Å². The number of aliphatic hydroxyl groups excluding tert-OH is 1. The van der Waals surface area contributed by atoms with Crippen LogP contribution in [0, 0.1) is 5.92 Å². The third-order valence-corrected chi connectivity index (χ3v) is 14.3. The van der Waals surface area contributed by atoms with E-state index in [-0.39, 0.29) is 36.6 Å². The number of rotatable bonds is 42. The molecular weight excluding hydrogens is 1250 g/mol. The minimum Gasteiger partial charge on any atom is -0.411 e. The summed E-state index contributed by atoms with van der Waals surface area (Å²) in [4.78, 5) is 15.3. The van der Waals surface area contributed by atoms with Crippen molar-refractivity contribution in [1.82, 2.24) is 0 Å². The summed E-state index contributed by atoms with van der Waals surface area (Å²) < 4.78 is 70.6. The van der Waals surface area contributed by atoms with Crippen LogP contribution in [0.3, 0.4) is 0 Å². The SMILES string of the molecule is C=CC(COCc1ccccc1)OCC/C=N/O.C=CC(COCc1ccccc1)OCCC(OC)OC.C=CC(COCc1ccccc1)OCCC=O.C=CC(O)COCc1ccccc1.c1ccc(COCC2CO2)cc1.c1ccc(COC[C@H]2OCCC3=NOC[C@@H]32)cc1. The molecule has 6 aromatic rings. The fraction of sp³-hybridized carbons (Fsp3) is 0.405. The number of methoxy groups -OCH3 is 2. The third kappa shape index (κ3) is 40.9. The van der Waals surface area contributed by atoms with Crippen molar-refractivity contribution in [1.29, 1.82) is 0 Å². The first-order valence-electron chi connectivity index (χ1n) is 33.0. The van der Waals surface area contributed by atoms with Gasteiger partial charge in [-0.1, -0.05) is 211 Å². The maximum absolute atomic E-state index is 10.1. The Kier molecular flexibility index (Phi) is 47.5. The second kappa shape index (κ2) is 56.2. The molecule has 3 heterocycles. The van der Waals surface area contributed by atoms with E-state index in [1.165, 1.54) is 23.4 Å². The van der Waals surface area contributed by atoms with Crippen molar-refractivity contribution < 1.29 is 81.5 Å². The molecule has 2 N–H and O–H groups in total. The van der Waals surface area contributed by atoms with Crippen LogP contribution in [-0.2, 0) is 111 Å². The average Bonchev–Trinajstić information content (AvgIpc) is 1.68. The van der Waals surface area contributed by atoms with E-state index in [1.54, 1.807) is 32.4 Å². The summed E-state index contributed by atoms with van der Waals surface area (Å²) in [7, 11) is 3.23. The van der Waals surface area contributed by atoms with E-state index in [4.69, 9.17) is 76.7 Å². The van der Waals surface area contributed by atoms with Crippen LogP contribution >= 0.6 is 0 Å². The van der Waals surface area contributed by atoms with Gasteiger partial charge in [0.1, 0.15) is 19.0 Å². The summed E-state index contributed by atoms with van der Waals surface area (Å²) in [5.74, 6) is 0.287. The highest BCUT2D eigenvalue weighted by Crippen LogP contribution is 2.24. The van der Waals surface area contributed by atoms with Crippen molar-refractivity contribution >= 4 is 18.2 Å². The maximum atomic E-state index is 10.1. The summed E-state index contributed by atoms with van der Waals surface area (Å²) in [5, 5.41) is 24.3. The molecule has 6 aromatic carbocycles. The molecule has 5 unspecified atom stereocenters. The van der Waals surface area contributed by atoms with Gasteiger partial charge in [-0.3, -0.25) is 0 Å². The van der Waals surface area contributed by atoms with Crippen LogP contribution in [0.4, 0.5) is 0 Å². The summed E-state index contributed by atoms with van der Waals surface area (Å²) in [5.41, 5.74) is 8.06. The fourth-order valence-electron chi connectivity index (χ4n) is 8.77. The summed E-state index contributed by atoms with van der Waals surface area (Å²) in [6, 6.07) is 60.2. The van der Waals surface area contributed by atoms with Crippen LogP contribution in [0.1, 0.15) is 59.1 Å². The molecule has 7 atom stereocenters. The van der Waals surface area contributed by atoms with Crippen LogP contribution in [-0.4, -0.2) is 165 Å². The number of ether oxygens (including phenoxy) is 13. The smallest absolute Gasteiger partial charge is 0.159 e. The summed E-state index contributed by atoms with van der Waals surface area (Å²) in [6.45, 7) is 24.8. The molecule has 3 aliphatic heterocycles. The molecule has 0 amide bonds. The summed E-state index contributed by atoms with van der Waals surface area (Å²) in [6.07, 6.45) is 10.6. The maximum Gasteiger partial charge on any atom is 0.159 e. The Bertz CT molecular complexity index is 2950. The number of hydrogen-bond donors (Lipinski definition) is 2. The van der Waals surface area contributed by atoms with E-state index >= 15 is 0 Å². The highest BCUT2D eigenvalue weighted by Gasteiger charge is 2.35. The first-order chi connectivity index (χ1) is 48.2. The number of hydrogen-bond acceptors (Lipinski definition) is 19. The lowest BCUT2D eigenvalue weighted by atomic mass is 9.94. The highest BCUT2D eigenvalue weighted by molar-refractivity contribution is 5.88. The number of nitrogens with zero attached hydrogens (tertiary/aromatic N) is 2. The Balaban J connectivity index is 0.000000252. The second-order valence-electron chi connectivity index (χ2n) is 22.1. The van der Waals surface area contributed by atoms with Gasteiger partial charge in [0, 0.05) is 46.1 Å². The molecule has 98 heavy (non-hydrogen) atoms. The first kappa shape index (κ1) is 82.8. The first-order valence-corrected chi connectivity index (χ1v) is 33.0. The zero-order valence-corrected chi connectivity index (χ0v) is 57.2. The molecule has 19 nitrogen and oxygen atoms in total. The zero-order valence-electron chi connectivity index (χ0n) is 57.2. The van der Waals surface area contributed by atoms with Crippen molar-refractivity contribution in [3.63, 3.8) is 0 Å². The van der Waals surface area contributed by atoms with Gasteiger partial charge in [0.25, 0.3) is 0 Å². The minimum atomic E-state index is -0.566. The van der Waals surface area contributed by atoms with Gasteiger partial charge in [-0.05, 0) is 33.4 Å². The van der Waals surface area contributed by atoms with Crippen LogP contribution in [0.25, 0.3) is 0 Å². The van der Waals surface area contributed by atoms with Crippen LogP contribution in [0.2, 0.25) is 0 Å². The third-order valence-electron chi connectivity index (χ3n) is 14.3. The van der Waals surface area contributed by atoms with E-state index in [2.05, 4.69) is 60.9 Å². The number of epoxide rings is 1. The molecule has 0 radical (unpaired) electrons. The molecule has 2 fully saturated rings. The van der Waals surface area contributed by atoms with E-state index in [1.807, 2.05) is 158 Å². The number of carbonyl (C=O) groups is 1. The predicted octanol–water partition coefficient (Wildman–Crippen LogP) is 13.1. The van der Waals surface area contributed by atoms with Crippen molar-refractivity contribution in [3.05, 3.63) is 266 Å². The number of oxime groups is 2. The quantitative estimate of drug-likeness (QED) is 0.00533. The van der Waals surface area contributed by atoms with Gasteiger partial charge >= 0.3 is 0 Å². The average molecular weight is 1350 g/mol. The van der Waals surface area contributed by atoms with Gasteiger partial charge in [-0.25, -0.2) is 0 Å². The second-order valence-corrected chi connectivity index (χ2v) is 22.1. The lowest BCUT2D eigenvalue weighted by Crippen LogP contribution is -2.39. The number of fused-ring (bicyclic) bond motifs is 1. The molecule has 3 aliphatic rings. The van der Waals surface area contributed by atoms with Crippen LogP contribution < -0.4 is 0 Å². The van der Waals surface area contributed by atoms with Crippen LogP contribution in [0.15, 0.2) is 243 Å². The predicted molar refractivity (Wildman–Crippen MR) is 382 cm³/mol. The Hall–Kier alpha value is -7.67. The van der Waals surface area contributed by atoms with Crippen molar-refractivity contribution in [2.75, 3.05) is 93.5 Å². The van der Waals surface area contributed by atoms with Gasteiger partial charge in [-0.2, -0.15) is 0 Å². The van der Waals surface area contributed by atoms with E-state index < -0.39 is 6.10 Å². The molecule has 0 aliphatic carbocycles. The van der Waals surface area contributed by atoms with Crippen molar-refractivity contribution in [2.24, 2.45) is 16.2 Å². The standard InChI is InChI=1S/C16H24O4.C14H17NO3.C14H19NO3.C14H18O3.C11H14O2.C10H12O2/c1-4-15(20-11-10-16(17-2)18-3)13-19-12-14-8-6-5-7-9-14;1-2-4-11(5-3-1)8-16-10-14-12-9-18-15-13(12)6-7-17-14;1-2-14(18-10-6-9-15-16)12-17-11-13-7-4-3-5-8-13;1-2-14(17-10-6-9-15)12-16-11-13-7-4-3-5-8-13;1-2-11(12)9-13-8-10-6-4-3-5-7-10;1-2-4-9(5-3-1)6-11-7-10-8-12-10/h4-9,15-16H,1,10-13H2,2-3H3;1-5,12,14H,6-10H2;2-5,7-9,14,16H,1,6,10-12H2;2-5,7-9,14H,1,6,10-12H2;2-7,11-12H,1,8-9H2;1-5,10H,6-8H2/b;;15-9+;;;/t;12-,14+;;;;/m.0..../s1. The van der Waals surface area contributed by atoms with Crippen molar-refractivity contribution in [2.45, 2.75) is 108 Å². The minimum absolute atomic E-state index is 0.0868. The Morgan fingerprint density at radius 2 is 0.878 bits per heavy atom. The molecule has 19 heteroatoms. The molecule has 0 saturated carbocycles. The molecule has 0 aromatic heterocycles. The van der Waals surface area contributed by atoms with Gasteiger partial charge in [0.15, 0.2) is 6.29 Å². The van der Waals surface area contributed by atoms with Crippen molar-refractivity contribution in [3.8, 4) is 0 Å². The van der Waals surface area contributed by atoms with Gasteiger partial charge in [-0.15, -0.1) is 31.5 Å². The van der Waals surface area contributed by atoms with E-state index in [0.29, 0.717) is 124 Å². The molecule has 532 valence electrons. The molecule has 0 spiro atoms. The number of aldehydes is 1. The van der Waals surface area contributed by atoms with Gasteiger partial charge in [0.2, 0.25) is 0 Å². The summed E-state index contributed by atoms with van der Waals surface area (Å²) >= 11 is 0. The zero-order chi connectivity index (χ0) is 70.0. The van der Waals surface area contributed by atoms with Gasteiger partial charge < -0.3 is 81.5 Å².